The average Bonchev–Trinajstić information content (AvgIpc) is 3.09. The van der Waals surface area contributed by atoms with Crippen LogP contribution < -0.4 is 10.3 Å². The summed E-state index contributed by atoms with van der Waals surface area (Å²) < 4.78 is 5.93. The molecule has 2 aliphatic heterocycles. The van der Waals surface area contributed by atoms with E-state index < -0.39 is 16.9 Å². The number of rotatable bonds is 2. The molecule has 3 heterocycles. The first-order valence-corrected chi connectivity index (χ1v) is 10.1. The van der Waals surface area contributed by atoms with E-state index in [2.05, 4.69) is 0 Å². The van der Waals surface area contributed by atoms with Gasteiger partial charge in [0.2, 0.25) is 5.76 Å². The van der Waals surface area contributed by atoms with Crippen LogP contribution >= 0.6 is 11.6 Å². The van der Waals surface area contributed by atoms with Crippen LogP contribution in [0.2, 0.25) is 5.02 Å². The number of amides is 2. The van der Waals surface area contributed by atoms with Gasteiger partial charge in [0, 0.05) is 29.9 Å². The van der Waals surface area contributed by atoms with Crippen molar-refractivity contribution in [1.29, 1.82) is 0 Å². The van der Waals surface area contributed by atoms with Gasteiger partial charge in [0.1, 0.15) is 5.58 Å². The Balaban J connectivity index is 1.95. The first kappa shape index (κ1) is 18.9. The van der Waals surface area contributed by atoms with E-state index in [4.69, 9.17) is 16.0 Å². The summed E-state index contributed by atoms with van der Waals surface area (Å²) in [6.07, 6.45) is 0. The lowest BCUT2D eigenvalue weighted by molar-refractivity contribution is -0.126. The minimum absolute atomic E-state index is 0.0738. The van der Waals surface area contributed by atoms with Crippen molar-refractivity contribution in [3.05, 3.63) is 74.6 Å². The van der Waals surface area contributed by atoms with Crippen LogP contribution in [0.5, 0.6) is 0 Å². The summed E-state index contributed by atoms with van der Waals surface area (Å²) >= 11 is 6.12. The summed E-state index contributed by atoms with van der Waals surface area (Å²) in [5.74, 6) is -0.796. The predicted molar refractivity (Wildman–Crippen MR) is 114 cm³/mol. The Morgan fingerprint density at radius 1 is 1.10 bits per heavy atom. The van der Waals surface area contributed by atoms with Crippen molar-refractivity contribution in [3.8, 4) is 0 Å². The highest BCUT2D eigenvalue weighted by Crippen LogP contribution is 2.52. The van der Waals surface area contributed by atoms with E-state index in [1.807, 2.05) is 32.0 Å². The van der Waals surface area contributed by atoms with Gasteiger partial charge >= 0.3 is 0 Å². The Kier molecular flexibility index (Phi) is 3.89. The van der Waals surface area contributed by atoms with Crippen molar-refractivity contribution in [2.45, 2.75) is 19.4 Å². The zero-order valence-electron chi connectivity index (χ0n) is 16.7. The zero-order valence-corrected chi connectivity index (χ0v) is 17.5. The lowest BCUT2D eigenvalue weighted by atomic mass is 9.83. The van der Waals surface area contributed by atoms with Crippen LogP contribution in [0.3, 0.4) is 0 Å². The second-order valence-electron chi connectivity index (χ2n) is 8.18. The lowest BCUT2D eigenvalue weighted by Gasteiger charge is -2.35. The number of para-hydroxylation sites is 1. The van der Waals surface area contributed by atoms with Crippen LogP contribution in [0.4, 0.5) is 5.69 Å². The van der Waals surface area contributed by atoms with E-state index in [9.17, 15) is 14.4 Å². The molecule has 1 aromatic heterocycles. The summed E-state index contributed by atoms with van der Waals surface area (Å²) in [6, 6.07) is 11.9. The smallest absolute Gasteiger partial charge is 0.291 e. The standard InChI is InChI=1S/C23H19ClN2O4/c1-12(2)11-26-21(28)20-18(19(27)14-10-13(24)8-9-17(14)30-20)23(26)15-6-4-5-7-16(15)25(3)22(23)29/h4-10,12H,11H2,1-3H3. The minimum Gasteiger partial charge on any atom is -0.450 e. The minimum atomic E-state index is -1.54. The van der Waals surface area contributed by atoms with Gasteiger partial charge in [-0.25, -0.2) is 0 Å². The summed E-state index contributed by atoms with van der Waals surface area (Å²) in [4.78, 5) is 44.0. The Bertz CT molecular complexity index is 1310. The fraction of sp³-hybridized carbons (Fsp3) is 0.261. The molecule has 2 aromatic carbocycles. The number of halogens is 1. The van der Waals surface area contributed by atoms with Crippen molar-refractivity contribution >= 4 is 40.1 Å². The molecule has 30 heavy (non-hydrogen) atoms. The average molecular weight is 423 g/mol. The molecule has 0 fully saturated rings. The molecule has 152 valence electrons. The van der Waals surface area contributed by atoms with Gasteiger partial charge in [-0.05, 0) is 30.2 Å². The Labute approximate surface area is 177 Å². The van der Waals surface area contributed by atoms with Crippen LogP contribution in [0.25, 0.3) is 11.0 Å². The maximum Gasteiger partial charge on any atom is 0.291 e. The number of nitrogens with zero attached hydrogens (tertiary/aromatic N) is 2. The van der Waals surface area contributed by atoms with E-state index in [0.29, 0.717) is 22.8 Å². The molecule has 0 N–H and O–H groups in total. The van der Waals surface area contributed by atoms with Gasteiger partial charge in [-0.15, -0.1) is 0 Å². The third-order valence-corrected chi connectivity index (χ3v) is 6.11. The van der Waals surface area contributed by atoms with Crippen molar-refractivity contribution in [1.82, 2.24) is 4.90 Å². The van der Waals surface area contributed by atoms with Crippen LogP contribution in [0.15, 0.2) is 51.7 Å². The molecule has 0 saturated carbocycles. The normalized spacial score (nSPS) is 20.0. The molecule has 5 rings (SSSR count). The molecule has 0 bridgehead atoms. The van der Waals surface area contributed by atoms with E-state index in [0.717, 1.165) is 0 Å². The number of hydrogen-bond donors (Lipinski definition) is 0. The van der Waals surface area contributed by atoms with Gasteiger partial charge in [-0.3, -0.25) is 14.4 Å². The van der Waals surface area contributed by atoms with E-state index in [-0.39, 0.29) is 34.1 Å². The van der Waals surface area contributed by atoms with Crippen molar-refractivity contribution in [2.75, 3.05) is 18.5 Å². The molecule has 0 aliphatic carbocycles. The van der Waals surface area contributed by atoms with E-state index in [1.54, 1.807) is 25.2 Å². The Morgan fingerprint density at radius 3 is 2.57 bits per heavy atom. The Morgan fingerprint density at radius 2 is 1.83 bits per heavy atom. The van der Waals surface area contributed by atoms with Gasteiger partial charge in [0.05, 0.1) is 10.9 Å². The van der Waals surface area contributed by atoms with Gasteiger partial charge in [0.25, 0.3) is 11.8 Å². The third kappa shape index (κ3) is 2.17. The second kappa shape index (κ2) is 6.19. The predicted octanol–water partition coefficient (Wildman–Crippen LogP) is 3.78. The van der Waals surface area contributed by atoms with Gasteiger partial charge < -0.3 is 14.2 Å². The molecule has 2 amide bonds. The number of likely N-dealkylation sites (N-methyl/N-ethyl adjacent to an activating group) is 1. The lowest BCUT2D eigenvalue weighted by Crippen LogP contribution is -2.53. The summed E-state index contributed by atoms with van der Waals surface area (Å²) in [5, 5.41) is 0.627. The number of carbonyl (C=O) groups excluding carboxylic acids is 2. The van der Waals surface area contributed by atoms with E-state index >= 15 is 0 Å². The summed E-state index contributed by atoms with van der Waals surface area (Å²) in [5.41, 5.74) is -0.331. The fourth-order valence-corrected chi connectivity index (χ4v) is 4.86. The molecule has 0 radical (unpaired) electrons. The maximum absolute atomic E-state index is 13.8. The highest BCUT2D eigenvalue weighted by molar-refractivity contribution is 6.31. The second-order valence-corrected chi connectivity index (χ2v) is 8.61. The highest BCUT2D eigenvalue weighted by atomic mass is 35.5. The van der Waals surface area contributed by atoms with Gasteiger partial charge in [-0.1, -0.05) is 43.6 Å². The topological polar surface area (TPSA) is 70.8 Å². The number of carbonyl (C=O) groups is 2. The first-order chi connectivity index (χ1) is 14.3. The SMILES string of the molecule is CC(C)CN1C(=O)c2oc3ccc(Cl)cc3c(=O)c2C12C(=O)N(C)c1ccccc12. The molecule has 3 aromatic rings. The molecule has 1 spiro atoms. The number of hydrogen-bond acceptors (Lipinski definition) is 4. The summed E-state index contributed by atoms with van der Waals surface area (Å²) in [6.45, 7) is 4.22. The third-order valence-electron chi connectivity index (χ3n) is 5.88. The molecule has 0 saturated heterocycles. The monoisotopic (exact) mass is 422 g/mol. The van der Waals surface area contributed by atoms with Crippen LogP contribution in [0.1, 0.15) is 35.5 Å². The molecular formula is C23H19ClN2O4. The van der Waals surface area contributed by atoms with Crippen LogP contribution in [-0.4, -0.2) is 30.3 Å². The molecule has 2 aliphatic rings. The highest BCUT2D eigenvalue weighted by Gasteiger charge is 2.64. The molecular weight excluding hydrogens is 404 g/mol. The quantitative estimate of drug-likeness (QED) is 0.630. The molecule has 1 unspecified atom stereocenters. The van der Waals surface area contributed by atoms with Crippen LogP contribution in [0, 0.1) is 5.92 Å². The Hall–Kier alpha value is -3.12. The van der Waals surface area contributed by atoms with E-state index in [1.165, 1.54) is 15.9 Å². The fourth-order valence-electron chi connectivity index (χ4n) is 4.68. The molecule has 1 atom stereocenters. The number of anilines is 1. The van der Waals surface area contributed by atoms with Crippen molar-refractivity contribution < 1.29 is 14.0 Å². The van der Waals surface area contributed by atoms with Crippen molar-refractivity contribution in [2.24, 2.45) is 5.92 Å². The van der Waals surface area contributed by atoms with Gasteiger partial charge in [-0.2, -0.15) is 0 Å². The first-order valence-electron chi connectivity index (χ1n) is 9.75. The summed E-state index contributed by atoms with van der Waals surface area (Å²) in [7, 11) is 1.66. The van der Waals surface area contributed by atoms with Crippen molar-refractivity contribution in [3.63, 3.8) is 0 Å². The van der Waals surface area contributed by atoms with Crippen LogP contribution in [-0.2, 0) is 10.3 Å². The zero-order chi connectivity index (χ0) is 21.4. The van der Waals surface area contributed by atoms with Gasteiger partial charge in [0.15, 0.2) is 11.0 Å². The number of benzene rings is 2. The molecule has 7 heteroatoms. The maximum atomic E-state index is 13.8. The largest absolute Gasteiger partial charge is 0.450 e. The molecule has 6 nitrogen and oxygen atoms in total. The number of fused-ring (bicyclic) bond motifs is 5.